The highest BCUT2D eigenvalue weighted by Gasteiger charge is 2.07. The van der Waals surface area contributed by atoms with Gasteiger partial charge in [-0.1, -0.05) is 17.9 Å². The maximum atomic E-state index is 10.5. The molecule has 0 aromatic heterocycles. The van der Waals surface area contributed by atoms with E-state index in [9.17, 15) is 4.79 Å². The van der Waals surface area contributed by atoms with Crippen LogP contribution in [-0.2, 0) is 9.53 Å². The smallest absolute Gasteiger partial charge is 0.336 e. The van der Waals surface area contributed by atoms with E-state index in [1.807, 2.05) is 13.0 Å². The highest BCUT2D eigenvalue weighted by molar-refractivity contribution is 5.86. The van der Waals surface area contributed by atoms with Gasteiger partial charge in [-0.15, -0.1) is 0 Å². The molecule has 0 fully saturated rings. The third-order valence-corrected chi connectivity index (χ3v) is 1.15. The Kier molecular flexibility index (Phi) is 2.92. The summed E-state index contributed by atoms with van der Waals surface area (Å²) in [4.78, 5) is 10.5. The van der Waals surface area contributed by atoms with Crippen molar-refractivity contribution in [2.75, 3.05) is 0 Å². The van der Waals surface area contributed by atoms with E-state index in [0.29, 0.717) is 5.76 Å². The highest BCUT2D eigenvalue weighted by Crippen LogP contribution is 2.07. The minimum absolute atomic E-state index is 0.339. The van der Waals surface area contributed by atoms with E-state index in [1.165, 1.54) is 6.08 Å². The molecule has 12 heavy (non-hydrogen) atoms. The monoisotopic (exact) mass is 160 g/mol. The van der Waals surface area contributed by atoms with E-state index >= 15 is 0 Å². The van der Waals surface area contributed by atoms with E-state index in [-0.39, 0.29) is 5.97 Å². The molecule has 2 heteroatoms. The van der Waals surface area contributed by atoms with E-state index in [0.717, 1.165) is 0 Å². The minimum Gasteiger partial charge on any atom is -0.423 e. The number of carbonyl (C=O) groups excluding carboxylic acids is 1. The summed E-state index contributed by atoms with van der Waals surface area (Å²) in [6.07, 6.45) is 8.07. The number of ether oxygens (including phenoxy) is 1. The predicted molar refractivity (Wildman–Crippen MR) is 45.9 cm³/mol. The molecule has 0 spiro atoms. The van der Waals surface area contributed by atoms with E-state index in [1.54, 1.807) is 18.2 Å². The van der Waals surface area contributed by atoms with Crippen molar-refractivity contribution < 1.29 is 9.53 Å². The molecule has 0 amide bonds. The van der Waals surface area contributed by atoms with Crippen molar-refractivity contribution in [1.82, 2.24) is 0 Å². The van der Waals surface area contributed by atoms with Crippen molar-refractivity contribution in [3.63, 3.8) is 0 Å². The lowest BCUT2D eigenvalue weighted by molar-refractivity contribution is -0.132. The summed E-state index contributed by atoms with van der Waals surface area (Å²) in [5.41, 5.74) is 0. The van der Waals surface area contributed by atoms with E-state index < -0.39 is 0 Å². The molecule has 0 radical (unpaired) electrons. The number of allylic oxidation sites excluding steroid dienone is 4. The summed E-state index contributed by atoms with van der Waals surface area (Å²) < 4.78 is 4.73. The van der Waals surface area contributed by atoms with Crippen LogP contribution in [0.3, 0.4) is 0 Å². The first-order valence-electron chi connectivity index (χ1n) is 3.55. The molecule has 0 unspecified atom stereocenters. The number of rotatable bonds is 0. The number of carbonyl (C=O) groups is 1. The molecule has 60 valence electrons. The average molecular weight is 160 g/mol. The Labute approximate surface area is 71.2 Å². The van der Waals surface area contributed by atoms with Crippen molar-refractivity contribution >= 4 is 5.97 Å². The lowest BCUT2D eigenvalue weighted by Gasteiger charge is -1.89. The van der Waals surface area contributed by atoms with Crippen LogP contribution in [0, 0.1) is 11.8 Å². The summed E-state index contributed by atoms with van der Waals surface area (Å²) in [7, 11) is 0. The molecule has 1 aliphatic heterocycles. The van der Waals surface area contributed by atoms with Gasteiger partial charge in [0.05, 0.1) is 0 Å². The van der Waals surface area contributed by atoms with Crippen LogP contribution in [0.4, 0.5) is 0 Å². The van der Waals surface area contributed by atoms with Crippen molar-refractivity contribution in [3.8, 4) is 11.8 Å². The fraction of sp³-hybridized carbons (Fsp3) is 0.100. The Morgan fingerprint density at radius 1 is 1.42 bits per heavy atom. The Morgan fingerprint density at radius 2 is 2.25 bits per heavy atom. The maximum absolute atomic E-state index is 10.5. The Morgan fingerprint density at radius 3 is 2.83 bits per heavy atom. The molecule has 0 aromatic carbocycles. The quantitative estimate of drug-likeness (QED) is 0.397. The summed E-state index contributed by atoms with van der Waals surface area (Å²) in [5.74, 6) is 5.62. The summed E-state index contributed by atoms with van der Waals surface area (Å²) >= 11 is 0. The van der Waals surface area contributed by atoms with Gasteiger partial charge in [0.25, 0.3) is 0 Å². The zero-order chi connectivity index (χ0) is 8.81. The fourth-order valence-electron chi connectivity index (χ4n) is 0.656. The van der Waals surface area contributed by atoms with Gasteiger partial charge in [0.1, 0.15) is 5.76 Å². The second-order valence-electron chi connectivity index (χ2n) is 2.09. The summed E-state index contributed by atoms with van der Waals surface area (Å²) in [6.45, 7) is 1.89. The topological polar surface area (TPSA) is 26.3 Å². The van der Waals surface area contributed by atoms with Crippen LogP contribution >= 0.6 is 0 Å². The Balaban J connectivity index is 2.56. The van der Waals surface area contributed by atoms with Gasteiger partial charge >= 0.3 is 5.97 Å². The van der Waals surface area contributed by atoms with Crippen LogP contribution in [0.1, 0.15) is 6.92 Å². The molecule has 0 atom stereocenters. The van der Waals surface area contributed by atoms with Crippen LogP contribution in [0.5, 0.6) is 0 Å². The van der Waals surface area contributed by atoms with E-state index in [4.69, 9.17) is 4.74 Å². The van der Waals surface area contributed by atoms with Gasteiger partial charge in [-0.05, 0) is 19.1 Å². The van der Waals surface area contributed by atoms with Gasteiger partial charge in [0, 0.05) is 12.2 Å². The van der Waals surface area contributed by atoms with Crippen LogP contribution in [-0.4, -0.2) is 5.97 Å². The molecule has 0 N–H and O–H groups in total. The molecule has 0 aromatic rings. The largest absolute Gasteiger partial charge is 0.423 e. The third kappa shape index (κ3) is 2.47. The standard InChI is InChI=1S/C10H8O2/c1-2-3-4-5-6-9-7-8-10(11)12-9/h2-3,6-8H,1H3. The number of hydrogen-bond donors (Lipinski definition) is 0. The molecule has 0 bridgehead atoms. The summed E-state index contributed by atoms with van der Waals surface area (Å²) in [6, 6.07) is 0. The maximum Gasteiger partial charge on any atom is 0.336 e. The third-order valence-electron chi connectivity index (χ3n) is 1.15. The fourth-order valence-corrected chi connectivity index (χ4v) is 0.656. The minimum atomic E-state index is -0.339. The first kappa shape index (κ1) is 8.35. The predicted octanol–water partition coefficient (Wildman–Crippen LogP) is 1.56. The molecular weight excluding hydrogens is 152 g/mol. The second-order valence-corrected chi connectivity index (χ2v) is 2.09. The van der Waals surface area contributed by atoms with Crippen molar-refractivity contribution in [2.45, 2.75) is 6.92 Å². The average Bonchev–Trinajstić information content (AvgIpc) is 2.45. The van der Waals surface area contributed by atoms with E-state index in [2.05, 4.69) is 11.8 Å². The van der Waals surface area contributed by atoms with Gasteiger partial charge in [0.15, 0.2) is 0 Å². The Bertz CT molecular complexity index is 321. The molecule has 1 rings (SSSR count). The molecule has 0 saturated carbocycles. The van der Waals surface area contributed by atoms with Gasteiger partial charge in [0.2, 0.25) is 0 Å². The first-order chi connectivity index (χ1) is 5.83. The van der Waals surface area contributed by atoms with Gasteiger partial charge < -0.3 is 4.74 Å². The van der Waals surface area contributed by atoms with Crippen molar-refractivity contribution in [1.29, 1.82) is 0 Å². The highest BCUT2D eigenvalue weighted by atomic mass is 16.5. The zero-order valence-corrected chi connectivity index (χ0v) is 6.70. The zero-order valence-electron chi connectivity index (χ0n) is 6.70. The molecule has 0 aliphatic carbocycles. The lowest BCUT2D eigenvalue weighted by atomic mass is 10.4. The van der Waals surface area contributed by atoms with Gasteiger partial charge in [-0.2, -0.15) is 0 Å². The van der Waals surface area contributed by atoms with Crippen molar-refractivity contribution in [2.24, 2.45) is 0 Å². The number of esters is 1. The Hall–Kier alpha value is -1.75. The molecule has 1 heterocycles. The SMILES string of the molecule is CC=CC#CC=C1C=CC(=O)O1. The van der Waals surface area contributed by atoms with Gasteiger partial charge in [-0.25, -0.2) is 4.79 Å². The molecule has 2 nitrogen and oxygen atoms in total. The number of hydrogen-bond acceptors (Lipinski definition) is 2. The van der Waals surface area contributed by atoms with Crippen LogP contribution < -0.4 is 0 Å². The molecule has 1 aliphatic rings. The first-order valence-corrected chi connectivity index (χ1v) is 3.55. The lowest BCUT2D eigenvalue weighted by Crippen LogP contribution is -1.89. The van der Waals surface area contributed by atoms with Crippen LogP contribution in [0.25, 0.3) is 0 Å². The molecule has 0 saturated heterocycles. The van der Waals surface area contributed by atoms with Crippen molar-refractivity contribution in [3.05, 3.63) is 36.1 Å². The normalized spacial score (nSPS) is 18.1. The van der Waals surface area contributed by atoms with Gasteiger partial charge in [-0.3, -0.25) is 0 Å². The number of cyclic esters (lactones) is 1. The van der Waals surface area contributed by atoms with Crippen LogP contribution in [0.2, 0.25) is 0 Å². The molecular formula is C10H8O2. The summed E-state index contributed by atoms with van der Waals surface area (Å²) in [5, 5.41) is 0. The van der Waals surface area contributed by atoms with Crippen LogP contribution in [0.15, 0.2) is 36.1 Å². The second kappa shape index (κ2) is 4.20.